The van der Waals surface area contributed by atoms with Crippen molar-refractivity contribution >= 4 is 46.1 Å². The van der Waals surface area contributed by atoms with Crippen molar-refractivity contribution in [3.63, 3.8) is 0 Å². The van der Waals surface area contributed by atoms with Gasteiger partial charge in [-0.15, -0.1) is 0 Å². The van der Waals surface area contributed by atoms with E-state index in [-0.39, 0.29) is 11.8 Å². The first-order chi connectivity index (χ1) is 19.2. The van der Waals surface area contributed by atoms with Crippen molar-refractivity contribution in [1.82, 2.24) is 10.2 Å². The molecule has 0 bridgehead atoms. The summed E-state index contributed by atoms with van der Waals surface area (Å²) >= 11 is 1.58. The van der Waals surface area contributed by atoms with Crippen molar-refractivity contribution in [2.45, 2.75) is 78.1 Å². The maximum atomic E-state index is 14.4. The van der Waals surface area contributed by atoms with Crippen LogP contribution in [0.4, 0.5) is 10.5 Å². The first kappa shape index (κ1) is 32.0. The molecule has 2 N–H and O–H groups in total. The van der Waals surface area contributed by atoms with Crippen LogP contribution in [0.5, 0.6) is 0 Å². The zero-order chi connectivity index (χ0) is 30.4. The number of thioether (sulfide) groups is 1. The molecule has 0 aromatic heterocycles. The number of rotatable bonds is 9. The third kappa shape index (κ3) is 8.73. The van der Waals surface area contributed by atoms with Crippen LogP contribution in [0.3, 0.4) is 0 Å². The van der Waals surface area contributed by atoms with Gasteiger partial charge in [-0.3, -0.25) is 9.59 Å². The molecule has 0 aliphatic rings. The molecule has 2 atom stereocenters. The summed E-state index contributed by atoms with van der Waals surface area (Å²) in [6.45, 7) is 13.0. The minimum atomic E-state index is -0.951. The summed E-state index contributed by atoms with van der Waals surface area (Å²) in [5, 5.41) is 7.93. The highest BCUT2D eigenvalue weighted by molar-refractivity contribution is 7.98. The molecule has 3 rings (SSSR count). The lowest BCUT2D eigenvalue weighted by atomic mass is 9.92. The molecule has 8 heteroatoms. The highest BCUT2D eigenvalue weighted by Gasteiger charge is 2.42. The van der Waals surface area contributed by atoms with E-state index < -0.39 is 29.3 Å². The van der Waals surface area contributed by atoms with E-state index >= 15 is 0 Å². The molecule has 2 unspecified atom stereocenters. The number of amides is 3. The molecule has 41 heavy (non-hydrogen) atoms. The third-order valence-electron chi connectivity index (χ3n) is 6.57. The van der Waals surface area contributed by atoms with Gasteiger partial charge in [-0.05, 0) is 101 Å². The second-order valence-corrected chi connectivity index (χ2v) is 13.2. The summed E-state index contributed by atoms with van der Waals surface area (Å²) in [5.74, 6) is -0.0410. The average Bonchev–Trinajstić information content (AvgIpc) is 2.88. The molecule has 0 fully saturated rings. The number of carbonyl (C=O) groups is 3. The molecule has 0 radical (unpaired) electrons. The fourth-order valence-corrected chi connectivity index (χ4v) is 5.20. The van der Waals surface area contributed by atoms with Crippen molar-refractivity contribution in [2.24, 2.45) is 0 Å². The van der Waals surface area contributed by atoms with E-state index in [4.69, 9.17) is 4.74 Å². The van der Waals surface area contributed by atoms with Crippen LogP contribution in [0.15, 0.2) is 66.7 Å². The Hall–Kier alpha value is -3.52. The first-order valence-corrected chi connectivity index (χ1v) is 15.3. The predicted molar refractivity (Wildman–Crippen MR) is 169 cm³/mol. The first-order valence-electron chi connectivity index (χ1n) is 13.9. The SMILES string of the molecule is CSCCC(NC(=O)OC(C)(C)C)C(=O)N(C(C(=O)Nc1ccc2ccccc2c1)c1ccccc1C)C(C)(C)C. The molecule has 0 aliphatic carbocycles. The Morgan fingerprint density at radius 1 is 0.902 bits per heavy atom. The number of anilines is 1. The van der Waals surface area contributed by atoms with Gasteiger partial charge in [0.2, 0.25) is 5.91 Å². The largest absolute Gasteiger partial charge is 0.444 e. The molecule has 0 heterocycles. The van der Waals surface area contributed by atoms with Gasteiger partial charge >= 0.3 is 6.09 Å². The highest BCUT2D eigenvalue weighted by Crippen LogP contribution is 2.33. The summed E-state index contributed by atoms with van der Waals surface area (Å²) in [4.78, 5) is 43.0. The normalized spacial score (nSPS) is 13.3. The van der Waals surface area contributed by atoms with Gasteiger partial charge in [0, 0.05) is 11.2 Å². The van der Waals surface area contributed by atoms with Gasteiger partial charge < -0.3 is 20.3 Å². The van der Waals surface area contributed by atoms with Crippen LogP contribution in [-0.4, -0.2) is 52.0 Å². The number of aryl methyl sites for hydroxylation is 1. The Morgan fingerprint density at radius 3 is 2.15 bits per heavy atom. The van der Waals surface area contributed by atoms with E-state index in [0.29, 0.717) is 17.9 Å². The average molecular weight is 578 g/mol. The molecule has 3 aromatic carbocycles. The van der Waals surface area contributed by atoms with Gasteiger partial charge in [0.15, 0.2) is 0 Å². The summed E-state index contributed by atoms with van der Waals surface area (Å²) in [6, 6.07) is 19.5. The Balaban J connectivity index is 2.06. The minimum absolute atomic E-state index is 0.334. The van der Waals surface area contributed by atoms with Gasteiger partial charge in [0.1, 0.15) is 17.7 Å². The second kappa shape index (κ2) is 13.4. The number of alkyl carbamates (subject to hydrolysis) is 1. The topological polar surface area (TPSA) is 87.7 Å². The van der Waals surface area contributed by atoms with Gasteiger partial charge in [-0.1, -0.05) is 54.6 Å². The Kier molecular flexibility index (Phi) is 10.5. The van der Waals surface area contributed by atoms with E-state index in [1.165, 1.54) is 0 Å². The number of fused-ring (bicyclic) bond motifs is 1. The standard InChI is InChI=1S/C33H43N3O4S/c1-22-13-9-12-16-26(22)28(29(37)34-25-18-17-23-14-10-11-15-24(23)21-25)36(32(2,3)4)30(38)27(19-20-41-8)35-31(39)40-33(5,6)7/h9-18,21,27-28H,19-20H2,1-8H3,(H,34,37)(H,35,39). The fraction of sp³-hybridized carbons (Fsp3) is 0.424. The Bertz CT molecular complexity index is 1380. The Labute approximate surface area is 248 Å². The molecule has 0 aliphatic heterocycles. The van der Waals surface area contributed by atoms with Crippen molar-refractivity contribution in [1.29, 1.82) is 0 Å². The zero-order valence-corrected chi connectivity index (χ0v) is 26.2. The van der Waals surface area contributed by atoms with Crippen LogP contribution in [-0.2, 0) is 14.3 Å². The van der Waals surface area contributed by atoms with E-state index in [1.807, 2.05) is 101 Å². The van der Waals surface area contributed by atoms with Gasteiger partial charge in [-0.25, -0.2) is 4.79 Å². The number of nitrogens with zero attached hydrogens (tertiary/aromatic N) is 1. The van der Waals surface area contributed by atoms with E-state index in [1.54, 1.807) is 37.4 Å². The van der Waals surface area contributed by atoms with Crippen LogP contribution >= 0.6 is 11.8 Å². The molecular formula is C33H43N3O4S. The quantitative estimate of drug-likeness (QED) is 0.283. The number of benzene rings is 3. The van der Waals surface area contributed by atoms with Crippen LogP contribution in [0, 0.1) is 6.92 Å². The second-order valence-electron chi connectivity index (χ2n) is 12.2. The molecular weight excluding hydrogens is 534 g/mol. The smallest absolute Gasteiger partial charge is 0.408 e. The van der Waals surface area contributed by atoms with Gasteiger partial charge in [-0.2, -0.15) is 11.8 Å². The minimum Gasteiger partial charge on any atom is -0.444 e. The lowest BCUT2D eigenvalue weighted by molar-refractivity contribution is -0.146. The van der Waals surface area contributed by atoms with Crippen molar-refractivity contribution in [2.75, 3.05) is 17.3 Å². The fourth-order valence-electron chi connectivity index (χ4n) is 4.72. The van der Waals surface area contributed by atoms with E-state index in [9.17, 15) is 14.4 Å². The predicted octanol–water partition coefficient (Wildman–Crippen LogP) is 7.10. The van der Waals surface area contributed by atoms with Gasteiger partial charge in [0.05, 0.1) is 0 Å². The number of hydrogen-bond donors (Lipinski definition) is 2. The number of hydrogen-bond acceptors (Lipinski definition) is 5. The number of ether oxygens (including phenoxy) is 1. The van der Waals surface area contributed by atoms with E-state index in [2.05, 4.69) is 10.6 Å². The summed E-state index contributed by atoms with van der Waals surface area (Å²) in [5.41, 5.74) is 0.755. The lowest BCUT2D eigenvalue weighted by Gasteiger charge is -2.43. The van der Waals surface area contributed by atoms with Gasteiger partial charge in [0.25, 0.3) is 5.91 Å². The van der Waals surface area contributed by atoms with Crippen LogP contribution in [0.2, 0.25) is 0 Å². The van der Waals surface area contributed by atoms with Crippen molar-refractivity contribution in [3.8, 4) is 0 Å². The molecule has 220 valence electrons. The summed E-state index contributed by atoms with van der Waals surface area (Å²) < 4.78 is 5.48. The monoisotopic (exact) mass is 577 g/mol. The summed E-state index contributed by atoms with van der Waals surface area (Å²) in [7, 11) is 0. The highest BCUT2D eigenvalue weighted by atomic mass is 32.2. The zero-order valence-electron chi connectivity index (χ0n) is 25.4. The summed E-state index contributed by atoms with van der Waals surface area (Å²) in [6.07, 6.45) is 1.67. The van der Waals surface area contributed by atoms with Crippen LogP contribution < -0.4 is 10.6 Å². The molecule has 0 spiro atoms. The van der Waals surface area contributed by atoms with Crippen molar-refractivity contribution in [3.05, 3.63) is 77.9 Å². The van der Waals surface area contributed by atoms with Crippen LogP contribution in [0.25, 0.3) is 10.8 Å². The maximum Gasteiger partial charge on any atom is 0.408 e. The molecule has 0 saturated heterocycles. The van der Waals surface area contributed by atoms with Crippen molar-refractivity contribution < 1.29 is 19.1 Å². The molecule has 3 aromatic rings. The number of nitrogens with one attached hydrogen (secondary N) is 2. The third-order valence-corrected chi connectivity index (χ3v) is 7.21. The lowest BCUT2D eigenvalue weighted by Crippen LogP contribution is -2.58. The molecule has 7 nitrogen and oxygen atoms in total. The van der Waals surface area contributed by atoms with E-state index in [0.717, 1.165) is 21.9 Å². The molecule has 0 saturated carbocycles. The number of carbonyl (C=O) groups excluding carboxylic acids is 3. The van der Waals surface area contributed by atoms with Crippen LogP contribution in [0.1, 0.15) is 65.1 Å². The maximum absolute atomic E-state index is 14.4. The molecule has 3 amide bonds. The Morgan fingerprint density at radius 2 is 1.54 bits per heavy atom.